The molecule has 0 unspecified atom stereocenters. The van der Waals surface area contributed by atoms with Crippen LogP contribution in [0, 0.1) is 0 Å². The van der Waals surface area contributed by atoms with Crippen molar-refractivity contribution in [3.05, 3.63) is 17.7 Å². The smallest absolute Gasteiger partial charge is 0.321 e. The molecule has 0 amide bonds. The van der Waals surface area contributed by atoms with Crippen molar-refractivity contribution in [2.75, 3.05) is 0 Å². The first kappa shape index (κ1) is 37.7. The molecule has 248 valence electrons. The number of hydrogen-bond acceptors (Lipinski definition) is 3. The minimum atomic E-state index is -8.63. The van der Waals surface area contributed by atoms with E-state index in [4.69, 9.17) is 4.55 Å². The minimum absolute atomic E-state index is 1.36. The molecule has 1 heterocycles. The highest BCUT2D eigenvalue weighted by Crippen LogP contribution is 2.62. The van der Waals surface area contributed by atoms with E-state index < -0.39 is 105 Å². The molecular weight excluding hydrogens is 687 g/mol. The number of imidazole rings is 1. The monoisotopic (exact) mass is 694 g/mol. The summed E-state index contributed by atoms with van der Waals surface area (Å²) < 4.78 is 309. The normalized spacial score (nSPS) is 16.0. The summed E-state index contributed by atoms with van der Waals surface area (Å²) in [5.74, 6) is -57.9. The van der Waals surface area contributed by atoms with Crippen LogP contribution in [0.15, 0.2) is 6.20 Å². The lowest BCUT2D eigenvalue weighted by Crippen LogP contribution is -2.69. The second-order valence-corrected chi connectivity index (χ2v) is 9.33. The molecule has 1 aromatic rings. The predicted octanol–water partition coefficient (Wildman–Crippen LogP) is 6.94. The number of alkyl halides is 21. The Bertz CT molecular complexity index is 1250. The van der Waals surface area contributed by atoms with Gasteiger partial charge in [0.05, 0.1) is 6.20 Å². The summed E-state index contributed by atoms with van der Waals surface area (Å²) >= 11 is 0. The molecular formula is C15H7F21N2O3S. The topological polar surface area (TPSA) is 72.2 Å². The predicted molar refractivity (Wildman–Crippen MR) is 87.9 cm³/mol. The zero-order chi connectivity index (χ0) is 34.1. The van der Waals surface area contributed by atoms with Gasteiger partial charge in [-0.05, 0) is 0 Å². The molecule has 1 N–H and O–H groups in total. The summed E-state index contributed by atoms with van der Waals surface area (Å²) in [4.78, 5) is 1.69. The molecule has 5 nitrogen and oxygen atoms in total. The molecule has 0 bridgehead atoms. The van der Waals surface area contributed by atoms with Gasteiger partial charge in [-0.1, -0.05) is 0 Å². The summed E-state index contributed by atoms with van der Waals surface area (Å²) in [5.41, 5.74) is -3.39. The fourth-order valence-electron chi connectivity index (χ4n) is 2.69. The SMILES string of the molecule is O=S(=O)(O)C(F)(F)C(F)(F)c1cnc(C(F)(F)C(F)(F)C(F)(F)C(F)(F)C(F)(F)C(F)(F)F)n1CCC(F)(F)C(F)F. The lowest BCUT2D eigenvalue weighted by atomic mass is 9.93. The molecule has 42 heavy (non-hydrogen) atoms. The first-order valence-electron chi connectivity index (χ1n) is 9.42. The molecule has 1 aromatic heterocycles. The number of halogens is 21. The van der Waals surface area contributed by atoms with Gasteiger partial charge in [-0.2, -0.15) is 83.1 Å². The van der Waals surface area contributed by atoms with E-state index in [0.717, 1.165) is 0 Å². The van der Waals surface area contributed by atoms with Crippen molar-refractivity contribution in [2.24, 2.45) is 0 Å². The van der Waals surface area contributed by atoms with Gasteiger partial charge in [-0.25, -0.2) is 22.5 Å². The van der Waals surface area contributed by atoms with Gasteiger partial charge in [0.2, 0.25) is 0 Å². The van der Waals surface area contributed by atoms with Crippen molar-refractivity contribution in [3.8, 4) is 0 Å². The van der Waals surface area contributed by atoms with E-state index in [9.17, 15) is 101 Å². The van der Waals surface area contributed by atoms with E-state index in [-0.39, 0.29) is 0 Å². The van der Waals surface area contributed by atoms with Crippen LogP contribution >= 0.6 is 0 Å². The Morgan fingerprint density at radius 1 is 0.690 bits per heavy atom. The Morgan fingerprint density at radius 3 is 1.45 bits per heavy atom. The van der Waals surface area contributed by atoms with Crippen LogP contribution in [0.5, 0.6) is 0 Å². The fraction of sp³-hybridized carbons (Fsp3) is 0.800. The Hall–Kier alpha value is -2.35. The quantitative estimate of drug-likeness (QED) is 0.190. The second-order valence-electron chi connectivity index (χ2n) is 7.87. The highest BCUT2D eigenvalue weighted by atomic mass is 32.2. The Balaban J connectivity index is 4.09. The van der Waals surface area contributed by atoms with Crippen LogP contribution in [0.25, 0.3) is 0 Å². The van der Waals surface area contributed by atoms with Crippen molar-refractivity contribution < 1.29 is 105 Å². The minimum Gasteiger partial charge on any atom is -0.321 e. The molecule has 0 aromatic carbocycles. The molecule has 0 spiro atoms. The van der Waals surface area contributed by atoms with Gasteiger partial charge >= 0.3 is 69.4 Å². The van der Waals surface area contributed by atoms with Crippen LogP contribution in [0.1, 0.15) is 17.9 Å². The van der Waals surface area contributed by atoms with Gasteiger partial charge < -0.3 is 4.57 Å². The summed E-state index contributed by atoms with van der Waals surface area (Å²) in [6.07, 6.45) is -17.1. The van der Waals surface area contributed by atoms with E-state index in [2.05, 4.69) is 0 Å². The van der Waals surface area contributed by atoms with Crippen molar-refractivity contribution >= 4 is 10.1 Å². The number of nitrogens with zero attached hydrogens (tertiary/aromatic N) is 2. The van der Waals surface area contributed by atoms with Crippen LogP contribution in [0.2, 0.25) is 0 Å². The zero-order valence-corrected chi connectivity index (χ0v) is 19.4. The maximum atomic E-state index is 14.5. The summed E-state index contributed by atoms with van der Waals surface area (Å²) in [5, 5.41) is -7.01. The first-order chi connectivity index (χ1) is 18.0. The Morgan fingerprint density at radius 2 is 1.10 bits per heavy atom. The van der Waals surface area contributed by atoms with E-state index in [1.165, 1.54) is 0 Å². The highest BCUT2D eigenvalue weighted by molar-refractivity contribution is 7.86. The third-order valence-electron chi connectivity index (χ3n) is 5.07. The van der Waals surface area contributed by atoms with Gasteiger partial charge in [0, 0.05) is 13.0 Å². The van der Waals surface area contributed by atoms with Crippen molar-refractivity contribution in [2.45, 2.75) is 72.3 Å². The molecule has 0 saturated heterocycles. The van der Waals surface area contributed by atoms with Crippen LogP contribution in [0.4, 0.5) is 92.2 Å². The molecule has 0 fully saturated rings. The molecule has 0 saturated carbocycles. The lowest BCUT2D eigenvalue weighted by Gasteiger charge is -2.39. The molecule has 1 rings (SSSR count). The molecule has 0 aliphatic carbocycles. The van der Waals surface area contributed by atoms with Crippen LogP contribution < -0.4 is 0 Å². The van der Waals surface area contributed by atoms with Crippen molar-refractivity contribution in [1.82, 2.24) is 9.55 Å². The molecule has 0 radical (unpaired) electrons. The number of aromatic nitrogens is 2. The van der Waals surface area contributed by atoms with Crippen LogP contribution in [0.3, 0.4) is 0 Å². The lowest BCUT2D eigenvalue weighted by molar-refractivity contribution is -0.442. The number of hydrogen-bond donors (Lipinski definition) is 1. The fourth-order valence-corrected chi connectivity index (χ4v) is 3.12. The molecule has 0 aliphatic heterocycles. The standard InChI is InChI=1S/C15H7F21N2O3S/c16-5(17)7(18,19)1-2-38-4(8(20,21)15(35,36)42(39,40)41)3-37-6(38)9(22,23)10(24,25)11(26,27)12(28,29)13(30,31)14(32,33)34/h3,5H,1-2H2,(H,39,40,41). The molecule has 0 atom stereocenters. The van der Waals surface area contributed by atoms with E-state index >= 15 is 0 Å². The average Bonchev–Trinajstić information content (AvgIpc) is 3.21. The maximum Gasteiger partial charge on any atom is 0.460 e. The Labute approximate surface area is 216 Å². The van der Waals surface area contributed by atoms with Gasteiger partial charge in [0.1, 0.15) is 5.69 Å². The van der Waals surface area contributed by atoms with Gasteiger partial charge in [-0.15, -0.1) is 0 Å². The van der Waals surface area contributed by atoms with Crippen molar-refractivity contribution in [1.29, 1.82) is 0 Å². The largest absolute Gasteiger partial charge is 0.460 e. The summed E-state index contributed by atoms with van der Waals surface area (Å²) in [6, 6.07) is 0. The van der Waals surface area contributed by atoms with Crippen LogP contribution in [-0.2, 0) is 28.5 Å². The van der Waals surface area contributed by atoms with E-state index in [0.29, 0.717) is 0 Å². The molecule has 0 aliphatic rings. The average molecular weight is 694 g/mol. The van der Waals surface area contributed by atoms with Crippen molar-refractivity contribution in [3.63, 3.8) is 0 Å². The zero-order valence-electron chi connectivity index (χ0n) is 18.6. The first-order valence-corrected chi connectivity index (χ1v) is 10.9. The maximum absolute atomic E-state index is 14.5. The van der Waals surface area contributed by atoms with Gasteiger partial charge in [0.15, 0.2) is 5.82 Å². The van der Waals surface area contributed by atoms with E-state index in [1.807, 2.05) is 0 Å². The van der Waals surface area contributed by atoms with Crippen LogP contribution in [-0.4, -0.2) is 70.0 Å². The summed E-state index contributed by atoms with van der Waals surface area (Å²) in [6.45, 7) is -2.90. The molecule has 27 heteroatoms. The van der Waals surface area contributed by atoms with Gasteiger partial charge in [0.25, 0.3) is 0 Å². The van der Waals surface area contributed by atoms with E-state index in [1.54, 1.807) is 4.98 Å². The summed E-state index contributed by atoms with van der Waals surface area (Å²) in [7, 11) is -7.45. The highest BCUT2D eigenvalue weighted by Gasteiger charge is 2.91. The third kappa shape index (κ3) is 5.30. The number of rotatable bonds is 12. The Kier molecular flexibility index (Phi) is 9.06. The third-order valence-corrected chi connectivity index (χ3v) is 5.97. The second kappa shape index (κ2) is 10.1. The van der Waals surface area contributed by atoms with Gasteiger partial charge in [-0.3, -0.25) is 4.55 Å².